The highest BCUT2D eigenvalue weighted by molar-refractivity contribution is 5.95. The van der Waals surface area contributed by atoms with E-state index in [0.717, 1.165) is 58.3 Å². The lowest BCUT2D eigenvalue weighted by atomic mass is 9.91. The van der Waals surface area contributed by atoms with E-state index < -0.39 is 5.82 Å². The molecule has 0 spiro atoms. The zero-order chi connectivity index (χ0) is 73.7. The van der Waals surface area contributed by atoms with E-state index in [0.29, 0.717) is 122 Å². The highest BCUT2D eigenvalue weighted by Crippen LogP contribution is 2.33. The van der Waals surface area contributed by atoms with Crippen LogP contribution in [0.15, 0.2) is 196 Å². The summed E-state index contributed by atoms with van der Waals surface area (Å²) in [5, 5.41) is 24.4. The first-order chi connectivity index (χ1) is 50.7. The Morgan fingerprint density at radius 3 is 1.38 bits per heavy atom. The summed E-state index contributed by atoms with van der Waals surface area (Å²) in [5.74, 6) is 1.31. The van der Waals surface area contributed by atoms with Gasteiger partial charge in [-0.1, -0.05) is 124 Å². The van der Waals surface area contributed by atoms with Crippen LogP contribution in [0.2, 0.25) is 0 Å². The highest BCUT2D eigenvalue weighted by Gasteiger charge is 2.28. The van der Waals surface area contributed by atoms with Crippen LogP contribution in [0, 0.1) is 18.2 Å². The van der Waals surface area contributed by atoms with Gasteiger partial charge in [-0.15, -0.1) is 30.6 Å². The van der Waals surface area contributed by atoms with Gasteiger partial charge in [-0.3, -0.25) is 24.2 Å². The quantitative estimate of drug-likeness (QED) is 0.0900. The van der Waals surface area contributed by atoms with E-state index >= 15 is 0 Å². The van der Waals surface area contributed by atoms with Gasteiger partial charge >= 0.3 is 0 Å². The van der Waals surface area contributed by atoms with Crippen LogP contribution in [-0.2, 0) is 9.59 Å². The third-order valence-corrected chi connectivity index (χ3v) is 17.3. The number of rotatable bonds is 15. The first-order valence-corrected chi connectivity index (χ1v) is 33.9. The Labute approximate surface area is 609 Å². The number of aromatic nitrogens is 12. The maximum absolute atomic E-state index is 14.0. The molecule has 27 heteroatoms. The van der Waals surface area contributed by atoms with E-state index in [1.54, 1.807) is 70.9 Å². The molecular weight excluding hydrogens is 1330 g/mol. The molecule has 8 heterocycles. The molecule has 6 aromatic carbocycles. The number of aryl methyl sites for hydroxylation is 1. The summed E-state index contributed by atoms with van der Waals surface area (Å²) >= 11 is 0. The minimum Gasteiger partial charge on any atom is -0.414 e. The van der Waals surface area contributed by atoms with Gasteiger partial charge in [0.1, 0.15) is 11.5 Å². The van der Waals surface area contributed by atoms with Crippen LogP contribution in [0.4, 0.5) is 16.0 Å². The number of hydrogen-bond donors (Lipinski definition) is 2. The Bertz CT molecular complexity index is 5070. The number of hydrogen-bond acceptors (Lipinski definition) is 22. The summed E-state index contributed by atoms with van der Waals surface area (Å²) in [6.07, 6.45) is 7.68. The van der Waals surface area contributed by atoms with Crippen molar-refractivity contribution in [3.8, 4) is 103 Å². The zero-order valence-corrected chi connectivity index (χ0v) is 58.8. The molecule has 105 heavy (non-hydrogen) atoms. The molecule has 26 nitrogen and oxygen atoms in total. The molecular formula is C78H82FN19O7. The molecule has 14 rings (SSSR count). The molecule has 0 bridgehead atoms. The minimum absolute atomic E-state index is 0. The summed E-state index contributed by atoms with van der Waals surface area (Å²) in [6.45, 7) is 16.7. The average Bonchev–Trinajstić information content (AvgIpc) is 1.55. The number of nitrogen functional groups attached to an aromatic ring is 2. The largest absolute Gasteiger partial charge is 0.414 e. The Balaban J connectivity index is 0.000000186. The van der Waals surface area contributed by atoms with E-state index in [1.165, 1.54) is 6.07 Å². The number of carbonyl (C=O) groups is 4. The summed E-state index contributed by atoms with van der Waals surface area (Å²) < 4.78 is 31.3. The lowest BCUT2D eigenvalue weighted by molar-refractivity contribution is -0.133. The highest BCUT2D eigenvalue weighted by atomic mass is 19.1. The third kappa shape index (κ3) is 17.5. The molecule has 2 saturated heterocycles. The number of amides is 4. The summed E-state index contributed by atoms with van der Waals surface area (Å²) in [6, 6.07) is 47.4. The fourth-order valence-corrected chi connectivity index (χ4v) is 11.5. The fraction of sp³-hybridized carbons (Fsp3) is 0.231. The Morgan fingerprint density at radius 2 is 0.895 bits per heavy atom. The summed E-state index contributed by atoms with van der Waals surface area (Å²) in [4.78, 5) is 85.9. The van der Waals surface area contributed by atoms with Crippen molar-refractivity contribution in [1.29, 1.82) is 0 Å². The van der Waals surface area contributed by atoms with Crippen LogP contribution in [0.1, 0.15) is 76.3 Å². The van der Waals surface area contributed by atoms with Crippen molar-refractivity contribution in [1.82, 2.24) is 85.0 Å². The predicted octanol–water partition coefficient (Wildman–Crippen LogP) is 12.9. The van der Waals surface area contributed by atoms with Crippen LogP contribution >= 0.6 is 0 Å². The molecule has 4 N–H and O–H groups in total. The van der Waals surface area contributed by atoms with Crippen molar-refractivity contribution >= 4 is 41.5 Å². The van der Waals surface area contributed by atoms with Crippen LogP contribution in [0.3, 0.4) is 0 Å². The van der Waals surface area contributed by atoms with Crippen LogP contribution in [0.5, 0.6) is 0 Å². The second-order valence-corrected chi connectivity index (χ2v) is 26.2. The SMILES string of the molecule is C=C(c1ccc(-c2cnc(C)c(-c3nnc(-c4ccccc4F)o3)n2)cc1)N(C)C.CC(C)(C)CC(=O)N1CCCN(C(=O)c2ccc(-c3cnc(N)c(-c4nnc(-c5ccccc5)o4)n3)cc2)CC1.Nc1ncc(-c2ccc(C(=O)N3CCCN(C=O)CC3)cc2)nc1-c1nnc(-c2ccccc2)o1.[HH].[HH].[HH]. The van der Waals surface area contributed by atoms with Gasteiger partial charge < -0.3 is 49.2 Å². The number of nitrogens with two attached hydrogens (primary N) is 2. The smallest absolute Gasteiger partial charge is 0.270 e. The first kappa shape index (κ1) is 71.7. The molecule has 0 aliphatic carbocycles. The van der Waals surface area contributed by atoms with Crippen molar-refractivity contribution in [2.45, 2.75) is 47.0 Å². The molecule has 0 atom stereocenters. The summed E-state index contributed by atoms with van der Waals surface area (Å²) in [7, 11) is 3.90. The topological polar surface area (TPSA) is 331 Å². The third-order valence-electron chi connectivity index (χ3n) is 17.3. The van der Waals surface area contributed by atoms with Crippen molar-refractivity contribution in [2.24, 2.45) is 5.41 Å². The van der Waals surface area contributed by atoms with Crippen LogP contribution in [0.25, 0.3) is 109 Å². The maximum atomic E-state index is 14.0. The molecule has 12 aromatic rings. The Morgan fingerprint density at radius 1 is 0.495 bits per heavy atom. The van der Waals surface area contributed by atoms with Crippen LogP contribution in [-0.4, -0.2) is 176 Å². The average molecular weight is 1420 g/mol. The molecule has 538 valence electrons. The molecule has 2 aliphatic rings. The van der Waals surface area contributed by atoms with Crippen molar-refractivity contribution in [3.05, 3.63) is 211 Å². The second kappa shape index (κ2) is 32.3. The number of halogens is 1. The van der Waals surface area contributed by atoms with Gasteiger partial charge in [0.05, 0.1) is 46.9 Å². The van der Waals surface area contributed by atoms with Gasteiger partial charge in [0, 0.05) is 122 Å². The van der Waals surface area contributed by atoms with E-state index in [2.05, 4.69) is 87.8 Å². The molecule has 2 aliphatic heterocycles. The van der Waals surface area contributed by atoms with Gasteiger partial charge in [0.25, 0.3) is 35.4 Å². The molecule has 0 saturated carbocycles. The van der Waals surface area contributed by atoms with E-state index in [4.69, 9.17) is 24.7 Å². The van der Waals surface area contributed by atoms with E-state index in [9.17, 15) is 23.6 Å². The monoisotopic (exact) mass is 1420 g/mol. The van der Waals surface area contributed by atoms with E-state index in [1.807, 2.05) is 145 Å². The van der Waals surface area contributed by atoms with Gasteiger partial charge in [-0.25, -0.2) is 29.3 Å². The Kier molecular flexibility index (Phi) is 22.1. The van der Waals surface area contributed by atoms with Gasteiger partial charge in [-0.2, -0.15) is 0 Å². The van der Waals surface area contributed by atoms with Gasteiger partial charge in [0.15, 0.2) is 23.0 Å². The molecule has 0 unspecified atom stereocenters. The standard InChI is InChI=1S/C30H33N7O3.C25H23N7O3.C23H20FN5O.3H2/c1-30(2,3)18-24(38)36-14-7-15-37(17-16-36)29(39)22-12-10-20(11-13-22)23-19-32-26(31)25(33-23)28-35-34-27(40-28)21-8-5-4-6-9-21;26-22-21(24-30-29-23(35-24)18-5-2-1-3-6-18)28-20(15-27-22)17-7-9-19(10-8-17)25(34)32-12-4-11-31(16-33)13-14-32;1-14-21(23-28-27-22(30-23)18-7-5-6-8-19(18)24)26-20(13-25-14)17-11-9-16(10-12-17)15(2)29(3)4;;;/h4-6,8-13,19H,7,14-18H2,1-3H3,(H2,31,32);1-3,5-10,15-16H,4,11-14H2,(H2,26,27);5-13H,2H2,1,3-4H3;3*1H. The first-order valence-electron chi connectivity index (χ1n) is 33.9. The van der Waals surface area contributed by atoms with Crippen molar-refractivity contribution in [2.75, 3.05) is 77.9 Å². The van der Waals surface area contributed by atoms with Crippen molar-refractivity contribution in [3.63, 3.8) is 0 Å². The summed E-state index contributed by atoms with van der Waals surface area (Å²) in [5.41, 5.74) is 22.9. The second-order valence-electron chi connectivity index (χ2n) is 26.2. The molecule has 4 amide bonds. The molecule has 0 radical (unpaired) electrons. The van der Waals surface area contributed by atoms with E-state index in [-0.39, 0.29) is 68.2 Å². The number of carbonyl (C=O) groups excluding carboxylic acids is 4. The fourth-order valence-electron chi connectivity index (χ4n) is 11.5. The molecule has 2 fully saturated rings. The zero-order valence-electron chi connectivity index (χ0n) is 58.8. The maximum Gasteiger partial charge on any atom is 0.270 e. The number of anilines is 2. The number of benzene rings is 6. The predicted molar refractivity (Wildman–Crippen MR) is 401 cm³/mol. The number of nitrogens with zero attached hydrogens (tertiary/aromatic N) is 17. The van der Waals surface area contributed by atoms with Gasteiger partial charge in [0.2, 0.25) is 24.1 Å². The lowest BCUT2D eigenvalue weighted by Crippen LogP contribution is -2.38. The molecule has 6 aromatic heterocycles. The van der Waals surface area contributed by atoms with Gasteiger partial charge in [-0.05, 0) is 91.4 Å². The Hall–Kier alpha value is -13.1. The van der Waals surface area contributed by atoms with Crippen LogP contribution < -0.4 is 11.5 Å². The normalized spacial score (nSPS) is 13.1. The lowest BCUT2D eigenvalue weighted by Gasteiger charge is -2.25. The minimum atomic E-state index is -0.427. The van der Waals surface area contributed by atoms with Crippen molar-refractivity contribution < 1.29 is 41.1 Å².